The summed E-state index contributed by atoms with van der Waals surface area (Å²) in [6.07, 6.45) is 0.734. The average Bonchev–Trinajstić information content (AvgIpc) is 2.47. The standard InChI is InChI=1S/C15H15ClN2O3/c1-2-12(17)11-5-3-4-6-14(11)21-15-9-10(16)7-8-13(15)18(19)20/h3-9,12H,2,17H2,1H3/t12-/m0/s1. The first-order valence-electron chi connectivity index (χ1n) is 6.49. The monoisotopic (exact) mass is 306 g/mol. The number of hydrogen-bond donors (Lipinski definition) is 1. The first kappa shape index (κ1) is 15.3. The Morgan fingerprint density at radius 2 is 2.00 bits per heavy atom. The van der Waals surface area contributed by atoms with Gasteiger partial charge in [-0.3, -0.25) is 10.1 Å². The summed E-state index contributed by atoms with van der Waals surface area (Å²) in [6.45, 7) is 1.96. The second-order valence-electron chi connectivity index (χ2n) is 4.52. The lowest BCUT2D eigenvalue weighted by Crippen LogP contribution is -2.09. The summed E-state index contributed by atoms with van der Waals surface area (Å²) in [7, 11) is 0. The second kappa shape index (κ2) is 6.56. The first-order chi connectivity index (χ1) is 10.0. The van der Waals surface area contributed by atoms with Crippen molar-refractivity contribution in [2.75, 3.05) is 0 Å². The number of benzene rings is 2. The molecule has 0 aliphatic rings. The molecule has 0 aliphatic carbocycles. The van der Waals surface area contributed by atoms with Crippen LogP contribution in [0, 0.1) is 10.1 Å². The van der Waals surface area contributed by atoms with Gasteiger partial charge in [-0.25, -0.2) is 0 Å². The summed E-state index contributed by atoms with van der Waals surface area (Å²) in [5, 5.41) is 11.4. The van der Waals surface area contributed by atoms with Gasteiger partial charge in [0.2, 0.25) is 5.75 Å². The minimum absolute atomic E-state index is 0.100. The van der Waals surface area contributed by atoms with Crippen molar-refractivity contribution in [1.82, 2.24) is 0 Å². The number of nitrogens with zero attached hydrogens (tertiary/aromatic N) is 1. The Morgan fingerprint density at radius 1 is 1.29 bits per heavy atom. The Hall–Kier alpha value is -2.11. The lowest BCUT2D eigenvalue weighted by Gasteiger charge is -2.15. The fourth-order valence-electron chi connectivity index (χ4n) is 1.94. The van der Waals surface area contributed by atoms with Crippen LogP contribution in [-0.2, 0) is 0 Å². The zero-order chi connectivity index (χ0) is 15.4. The molecule has 0 radical (unpaired) electrons. The van der Waals surface area contributed by atoms with Crippen molar-refractivity contribution in [3.05, 3.63) is 63.2 Å². The van der Waals surface area contributed by atoms with Gasteiger partial charge in [-0.2, -0.15) is 0 Å². The van der Waals surface area contributed by atoms with Crippen molar-refractivity contribution in [1.29, 1.82) is 0 Å². The molecule has 0 saturated carbocycles. The molecule has 0 saturated heterocycles. The predicted molar refractivity (Wildman–Crippen MR) is 81.8 cm³/mol. The number of ether oxygens (including phenoxy) is 1. The van der Waals surface area contributed by atoms with Crippen LogP contribution >= 0.6 is 11.6 Å². The quantitative estimate of drug-likeness (QED) is 0.654. The Labute approximate surface area is 127 Å². The fourth-order valence-corrected chi connectivity index (χ4v) is 2.10. The van der Waals surface area contributed by atoms with Crippen molar-refractivity contribution >= 4 is 17.3 Å². The number of nitro benzene ring substituents is 1. The maximum Gasteiger partial charge on any atom is 0.311 e. The third-order valence-electron chi connectivity index (χ3n) is 3.10. The fraction of sp³-hybridized carbons (Fsp3) is 0.200. The highest BCUT2D eigenvalue weighted by Gasteiger charge is 2.18. The summed E-state index contributed by atoms with van der Waals surface area (Å²) >= 11 is 5.89. The molecule has 0 amide bonds. The number of halogens is 1. The van der Waals surface area contributed by atoms with Gasteiger partial charge in [-0.05, 0) is 18.6 Å². The lowest BCUT2D eigenvalue weighted by molar-refractivity contribution is -0.385. The molecular formula is C15H15ClN2O3. The van der Waals surface area contributed by atoms with Crippen molar-refractivity contribution in [3.63, 3.8) is 0 Å². The van der Waals surface area contributed by atoms with Crippen LogP contribution in [0.4, 0.5) is 5.69 Å². The van der Waals surface area contributed by atoms with Crippen LogP contribution < -0.4 is 10.5 Å². The van der Waals surface area contributed by atoms with Gasteiger partial charge < -0.3 is 10.5 Å². The van der Waals surface area contributed by atoms with Gasteiger partial charge in [0, 0.05) is 28.8 Å². The van der Waals surface area contributed by atoms with Crippen molar-refractivity contribution < 1.29 is 9.66 Å². The predicted octanol–water partition coefficient (Wildman–Crippen LogP) is 4.45. The Morgan fingerprint density at radius 3 is 2.67 bits per heavy atom. The summed E-state index contributed by atoms with van der Waals surface area (Å²) in [5.41, 5.74) is 6.70. The zero-order valence-corrected chi connectivity index (χ0v) is 12.2. The molecule has 2 aromatic carbocycles. The average molecular weight is 307 g/mol. The highest BCUT2D eigenvalue weighted by atomic mass is 35.5. The van der Waals surface area contributed by atoms with Crippen LogP contribution in [0.3, 0.4) is 0 Å². The Kier molecular flexibility index (Phi) is 4.77. The largest absolute Gasteiger partial charge is 0.450 e. The molecule has 0 spiro atoms. The van der Waals surface area contributed by atoms with E-state index in [1.807, 2.05) is 19.1 Å². The number of para-hydroxylation sites is 1. The van der Waals surface area contributed by atoms with E-state index < -0.39 is 4.92 Å². The van der Waals surface area contributed by atoms with E-state index >= 15 is 0 Å². The molecule has 0 fully saturated rings. The van der Waals surface area contributed by atoms with E-state index in [2.05, 4.69) is 0 Å². The lowest BCUT2D eigenvalue weighted by atomic mass is 10.0. The Balaban J connectivity index is 2.43. The van der Waals surface area contributed by atoms with E-state index in [4.69, 9.17) is 22.1 Å². The molecule has 0 bridgehead atoms. The van der Waals surface area contributed by atoms with Gasteiger partial charge in [0.15, 0.2) is 0 Å². The number of hydrogen-bond acceptors (Lipinski definition) is 4. The van der Waals surface area contributed by atoms with E-state index in [-0.39, 0.29) is 17.5 Å². The summed E-state index contributed by atoms with van der Waals surface area (Å²) in [5.74, 6) is 0.598. The molecule has 0 aliphatic heterocycles. The van der Waals surface area contributed by atoms with Gasteiger partial charge in [-0.1, -0.05) is 36.7 Å². The minimum Gasteiger partial charge on any atom is -0.450 e. The van der Waals surface area contributed by atoms with Crippen molar-refractivity contribution in [2.24, 2.45) is 5.73 Å². The minimum atomic E-state index is -0.506. The van der Waals surface area contributed by atoms with Crippen LogP contribution in [0.15, 0.2) is 42.5 Å². The molecule has 110 valence electrons. The van der Waals surface area contributed by atoms with E-state index in [1.165, 1.54) is 18.2 Å². The molecule has 6 heteroatoms. The number of nitrogens with two attached hydrogens (primary N) is 1. The highest BCUT2D eigenvalue weighted by Crippen LogP contribution is 2.36. The van der Waals surface area contributed by atoms with Gasteiger partial charge >= 0.3 is 5.69 Å². The van der Waals surface area contributed by atoms with E-state index in [0.717, 1.165) is 12.0 Å². The molecule has 5 nitrogen and oxygen atoms in total. The van der Waals surface area contributed by atoms with Crippen molar-refractivity contribution in [2.45, 2.75) is 19.4 Å². The molecule has 0 aromatic heterocycles. The van der Waals surface area contributed by atoms with Gasteiger partial charge in [0.1, 0.15) is 5.75 Å². The maximum atomic E-state index is 11.1. The SMILES string of the molecule is CC[C@H](N)c1ccccc1Oc1cc(Cl)ccc1[N+](=O)[O-]. The van der Waals surface area contributed by atoms with Gasteiger partial charge in [-0.15, -0.1) is 0 Å². The normalized spacial score (nSPS) is 12.0. The molecule has 21 heavy (non-hydrogen) atoms. The van der Waals surface area contributed by atoms with Crippen LogP contribution in [0.1, 0.15) is 24.9 Å². The highest BCUT2D eigenvalue weighted by molar-refractivity contribution is 6.30. The van der Waals surface area contributed by atoms with Crippen LogP contribution in [0.2, 0.25) is 5.02 Å². The smallest absolute Gasteiger partial charge is 0.311 e. The zero-order valence-electron chi connectivity index (χ0n) is 11.5. The number of nitro groups is 1. The van der Waals surface area contributed by atoms with Crippen LogP contribution in [-0.4, -0.2) is 4.92 Å². The Bertz CT molecular complexity index is 661. The molecule has 0 unspecified atom stereocenters. The van der Waals surface area contributed by atoms with Gasteiger partial charge in [0.05, 0.1) is 4.92 Å². The maximum absolute atomic E-state index is 11.1. The summed E-state index contributed by atoms with van der Waals surface area (Å²) in [4.78, 5) is 10.6. The third kappa shape index (κ3) is 3.51. The van der Waals surface area contributed by atoms with E-state index in [0.29, 0.717) is 10.8 Å². The van der Waals surface area contributed by atoms with E-state index in [9.17, 15) is 10.1 Å². The summed E-state index contributed by atoms with van der Waals surface area (Å²) < 4.78 is 5.70. The molecule has 0 heterocycles. The first-order valence-corrected chi connectivity index (χ1v) is 6.87. The van der Waals surface area contributed by atoms with E-state index in [1.54, 1.807) is 12.1 Å². The van der Waals surface area contributed by atoms with Crippen molar-refractivity contribution in [3.8, 4) is 11.5 Å². The third-order valence-corrected chi connectivity index (χ3v) is 3.33. The van der Waals surface area contributed by atoms with Crippen LogP contribution in [0.5, 0.6) is 11.5 Å². The summed E-state index contributed by atoms with van der Waals surface area (Å²) in [6, 6.07) is 11.2. The molecule has 2 N–H and O–H groups in total. The molecular weight excluding hydrogens is 292 g/mol. The topological polar surface area (TPSA) is 78.4 Å². The molecule has 2 rings (SSSR count). The van der Waals surface area contributed by atoms with Crippen LogP contribution in [0.25, 0.3) is 0 Å². The number of rotatable bonds is 5. The molecule has 2 aromatic rings. The van der Waals surface area contributed by atoms with Gasteiger partial charge in [0.25, 0.3) is 0 Å². The molecule has 1 atom stereocenters. The second-order valence-corrected chi connectivity index (χ2v) is 4.96.